The number of benzene rings is 2. The molecule has 2 aromatic carbocycles. The van der Waals surface area contributed by atoms with E-state index in [1.807, 2.05) is 23.1 Å². The molecule has 6 aliphatic carbocycles. The van der Waals surface area contributed by atoms with E-state index in [9.17, 15) is 9.59 Å². The molecule has 0 aromatic heterocycles. The van der Waals surface area contributed by atoms with Crippen LogP contribution in [0.25, 0.3) is 0 Å². The average molecular weight is 511 g/mol. The van der Waals surface area contributed by atoms with Crippen LogP contribution in [0.5, 0.6) is 0 Å². The molecule has 38 heavy (non-hydrogen) atoms. The van der Waals surface area contributed by atoms with Gasteiger partial charge in [0, 0.05) is 19.0 Å². The van der Waals surface area contributed by atoms with Gasteiger partial charge in [-0.2, -0.15) is 0 Å². The first-order chi connectivity index (χ1) is 18.4. The van der Waals surface area contributed by atoms with Crippen LogP contribution in [-0.2, 0) is 29.0 Å². The Morgan fingerprint density at radius 2 is 1.39 bits per heavy atom. The molecule has 1 unspecified atom stereocenters. The van der Waals surface area contributed by atoms with E-state index in [0.717, 1.165) is 74.7 Å². The molecule has 4 heteroatoms. The van der Waals surface area contributed by atoms with Gasteiger partial charge in [-0.25, -0.2) is 0 Å². The summed E-state index contributed by atoms with van der Waals surface area (Å²) < 4.78 is 0. The molecular formula is C34H42N2O2. The fourth-order valence-corrected chi connectivity index (χ4v) is 9.92. The molecule has 0 radical (unpaired) electrons. The molecule has 1 N–H and O–H groups in total. The van der Waals surface area contributed by atoms with Crippen LogP contribution < -0.4 is 5.32 Å². The molecular weight excluding hydrogens is 468 g/mol. The van der Waals surface area contributed by atoms with Crippen molar-refractivity contribution in [3.8, 4) is 0 Å². The van der Waals surface area contributed by atoms with E-state index in [4.69, 9.17) is 0 Å². The van der Waals surface area contributed by atoms with Crippen molar-refractivity contribution in [3.05, 3.63) is 71.3 Å². The SMILES string of the molecule is CC(=O)N(Cc1ccccc1)C1(C(=O)NC23CC4CC(CC(C4)C2)C3)CC[C@@H]2Cc3ccccc3C[C@H]2C1. The van der Waals surface area contributed by atoms with Crippen molar-refractivity contribution in [1.82, 2.24) is 10.2 Å². The molecule has 2 aromatic rings. The van der Waals surface area contributed by atoms with Gasteiger partial charge in [-0.05, 0) is 117 Å². The Kier molecular flexibility index (Phi) is 5.94. The highest BCUT2D eigenvalue weighted by molar-refractivity contribution is 5.91. The minimum atomic E-state index is -0.779. The van der Waals surface area contributed by atoms with E-state index in [2.05, 4.69) is 41.7 Å². The summed E-state index contributed by atoms with van der Waals surface area (Å²) in [7, 11) is 0. The van der Waals surface area contributed by atoms with Gasteiger partial charge >= 0.3 is 0 Å². The topological polar surface area (TPSA) is 49.4 Å². The molecule has 3 atom stereocenters. The molecule has 0 saturated heterocycles. The van der Waals surface area contributed by atoms with Gasteiger partial charge in [0.1, 0.15) is 5.54 Å². The molecule has 8 rings (SSSR count). The van der Waals surface area contributed by atoms with Gasteiger partial charge in [0.05, 0.1) is 0 Å². The number of fused-ring (bicyclic) bond motifs is 2. The van der Waals surface area contributed by atoms with Crippen LogP contribution in [0.1, 0.15) is 81.4 Å². The summed E-state index contributed by atoms with van der Waals surface area (Å²) in [6, 6.07) is 19.1. The van der Waals surface area contributed by atoms with Gasteiger partial charge < -0.3 is 10.2 Å². The maximum Gasteiger partial charge on any atom is 0.246 e. The maximum atomic E-state index is 14.8. The summed E-state index contributed by atoms with van der Waals surface area (Å²) in [6.07, 6.45) is 12.2. The largest absolute Gasteiger partial charge is 0.349 e. The molecule has 4 bridgehead atoms. The van der Waals surface area contributed by atoms with Gasteiger partial charge in [-0.15, -0.1) is 0 Å². The van der Waals surface area contributed by atoms with Gasteiger partial charge in [0.25, 0.3) is 0 Å². The molecule has 5 fully saturated rings. The van der Waals surface area contributed by atoms with Crippen molar-refractivity contribution < 1.29 is 9.59 Å². The second-order valence-corrected chi connectivity index (χ2v) is 13.7. The van der Waals surface area contributed by atoms with Crippen molar-refractivity contribution in [2.24, 2.45) is 29.6 Å². The fraction of sp³-hybridized carbons (Fsp3) is 0.588. The second kappa shape index (κ2) is 9.24. The molecule has 2 amide bonds. The molecule has 0 aliphatic heterocycles. The van der Waals surface area contributed by atoms with Crippen molar-refractivity contribution >= 4 is 11.8 Å². The maximum absolute atomic E-state index is 14.8. The van der Waals surface area contributed by atoms with Crippen LogP contribution in [0.2, 0.25) is 0 Å². The quantitative estimate of drug-likeness (QED) is 0.530. The van der Waals surface area contributed by atoms with Gasteiger partial charge in [-0.3, -0.25) is 9.59 Å². The first kappa shape index (κ1) is 24.4. The number of rotatable bonds is 5. The molecule has 5 saturated carbocycles. The highest BCUT2D eigenvalue weighted by Crippen LogP contribution is 2.56. The Morgan fingerprint density at radius 3 is 2.00 bits per heavy atom. The summed E-state index contributed by atoms with van der Waals surface area (Å²) in [4.78, 5) is 30.1. The molecule has 200 valence electrons. The molecule has 4 nitrogen and oxygen atoms in total. The van der Waals surface area contributed by atoms with Crippen LogP contribution in [0.3, 0.4) is 0 Å². The summed E-state index contributed by atoms with van der Waals surface area (Å²) in [5.74, 6) is 3.50. The lowest BCUT2D eigenvalue weighted by atomic mass is 9.52. The number of nitrogens with one attached hydrogen (secondary N) is 1. The number of nitrogens with zero attached hydrogens (tertiary/aromatic N) is 1. The van der Waals surface area contributed by atoms with E-state index in [-0.39, 0.29) is 17.4 Å². The van der Waals surface area contributed by atoms with E-state index >= 15 is 0 Å². The number of carbonyl (C=O) groups is 2. The second-order valence-electron chi connectivity index (χ2n) is 13.7. The Morgan fingerprint density at radius 1 is 0.816 bits per heavy atom. The Balaban J connectivity index is 1.23. The average Bonchev–Trinajstić information content (AvgIpc) is 2.89. The van der Waals surface area contributed by atoms with E-state index < -0.39 is 5.54 Å². The monoisotopic (exact) mass is 510 g/mol. The first-order valence-corrected chi connectivity index (χ1v) is 15.1. The highest BCUT2D eigenvalue weighted by atomic mass is 16.2. The summed E-state index contributed by atoms with van der Waals surface area (Å²) in [6.45, 7) is 2.17. The van der Waals surface area contributed by atoms with Crippen molar-refractivity contribution in [2.75, 3.05) is 0 Å². The normalized spacial score (nSPS) is 36.7. The van der Waals surface area contributed by atoms with E-state index in [1.165, 1.54) is 30.4 Å². The first-order valence-electron chi connectivity index (χ1n) is 15.1. The minimum Gasteiger partial charge on any atom is -0.349 e. The highest BCUT2D eigenvalue weighted by Gasteiger charge is 2.56. The standard InChI is InChI=1S/C34H42N2O2/c1-23(37)36(22-24-7-3-2-4-8-24)34(12-11-30-16-28-9-5-6-10-29(28)17-31(30)21-34)32(38)35-33-18-25-13-26(19-33)15-27(14-25)20-33/h2-10,25-27,30-31H,11-22H2,1H3,(H,35,38)/t25?,26?,27?,30-,31+,33?,34?/m1/s1. The Bertz CT molecular complexity index is 1190. The zero-order chi connectivity index (χ0) is 25.9. The smallest absolute Gasteiger partial charge is 0.246 e. The van der Waals surface area contributed by atoms with Gasteiger partial charge in [0.15, 0.2) is 0 Å². The van der Waals surface area contributed by atoms with Crippen LogP contribution in [0, 0.1) is 29.6 Å². The third-order valence-electron chi connectivity index (χ3n) is 11.2. The lowest BCUT2D eigenvalue weighted by molar-refractivity contribution is -0.156. The minimum absolute atomic E-state index is 0.0178. The van der Waals surface area contributed by atoms with E-state index in [1.54, 1.807) is 6.92 Å². The number of hydrogen-bond acceptors (Lipinski definition) is 2. The van der Waals surface area contributed by atoms with Gasteiger partial charge in [-0.1, -0.05) is 54.6 Å². The van der Waals surface area contributed by atoms with Crippen molar-refractivity contribution in [1.29, 1.82) is 0 Å². The summed E-state index contributed by atoms with van der Waals surface area (Å²) in [5.41, 5.74) is 3.18. The lowest BCUT2D eigenvalue weighted by Crippen LogP contribution is -2.68. The predicted octanol–water partition coefficient (Wildman–Crippen LogP) is 6.07. The summed E-state index contributed by atoms with van der Waals surface area (Å²) in [5, 5.41) is 3.74. The number of carbonyl (C=O) groups excluding carboxylic acids is 2. The van der Waals surface area contributed by atoms with E-state index in [0.29, 0.717) is 18.4 Å². The van der Waals surface area contributed by atoms with Crippen molar-refractivity contribution in [2.45, 2.75) is 95.2 Å². The zero-order valence-electron chi connectivity index (χ0n) is 22.8. The fourth-order valence-electron chi connectivity index (χ4n) is 9.92. The summed E-state index contributed by atoms with van der Waals surface area (Å²) >= 11 is 0. The number of amides is 2. The van der Waals surface area contributed by atoms with Crippen LogP contribution >= 0.6 is 0 Å². The zero-order valence-corrected chi connectivity index (χ0v) is 22.8. The van der Waals surface area contributed by atoms with Crippen molar-refractivity contribution in [3.63, 3.8) is 0 Å². The molecule has 0 spiro atoms. The third-order valence-corrected chi connectivity index (χ3v) is 11.2. The third kappa shape index (κ3) is 4.19. The molecule has 0 heterocycles. The predicted molar refractivity (Wildman–Crippen MR) is 149 cm³/mol. The lowest BCUT2D eigenvalue weighted by Gasteiger charge is -2.58. The van der Waals surface area contributed by atoms with Gasteiger partial charge in [0.2, 0.25) is 11.8 Å². The molecule has 6 aliphatic rings. The van der Waals surface area contributed by atoms with Crippen LogP contribution in [-0.4, -0.2) is 27.8 Å². The van der Waals surface area contributed by atoms with Crippen LogP contribution in [0.15, 0.2) is 54.6 Å². The Labute approximate surface area is 227 Å². The number of hydrogen-bond donors (Lipinski definition) is 1. The Hall–Kier alpha value is -2.62. The van der Waals surface area contributed by atoms with Crippen LogP contribution in [0.4, 0.5) is 0 Å².